The Hall–Kier alpha value is -3.54. The third-order valence-electron chi connectivity index (χ3n) is 4.02. The molecule has 0 aliphatic heterocycles. The fourth-order valence-electron chi connectivity index (χ4n) is 2.65. The summed E-state index contributed by atoms with van der Waals surface area (Å²) in [5, 5.41) is 2.72. The van der Waals surface area contributed by atoms with Crippen molar-refractivity contribution >= 4 is 17.6 Å². The molecule has 0 bridgehead atoms. The fraction of sp³-hybridized carbons (Fsp3) is 0.0909. The molecule has 1 amide bonds. The number of benzene rings is 3. The van der Waals surface area contributed by atoms with Gasteiger partial charge < -0.3 is 10.1 Å². The monoisotopic (exact) mass is 381 g/mol. The second-order valence-electron chi connectivity index (χ2n) is 6.11. The van der Waals surface area contributed by atoms with Gasteiger partial charge in [0.05, 0.1) is 5.56 Å². The number of halogens is 2. The lowest BCUT2D eigenvalue weighted by Gasteiger charge is -2.16. The van der Waals surface area contributed by atoms with Crippen molar-refractivity contribution in [3.63, 3.8) is 0 Å². The summed E-state index contributed by atoms with van der Waals surface area (Å²) < 4.78 is 31.5. The van der Waals surface area contributed by atoms with Crippen molar-refractivity contribution in [2.45, 2.75) is 13.0 Å². The largest absolute Gasteiger partial charge is 0.449 e. The predicted octanol–water partition coefficient (Wildman–Crippen LogP) is 4.82. The van der Waals surface area contributed by atoms with Crippen molar-refractivity contribution in [3.8, 4) is 11.1 Å². The van der Waals surface area contributed by atoms with Gasteiger partial charge in [-0.1, -0.05) is 48.5 Å². The van der Waals surface area contributed by atoms with E-state index in [0.717, 1.165) is 23.3 Å². The Morgan fingerprint density at radius 2 is 1.50 bits per heavy atom. The number of carbonyl (C=O) groups excluding carboxylic acids is 2. The average Bonchev–Trinajstić information content (AvgIpc) is 2.68. The summed E-state index contributed by atoms with van der Waals surface area (Å²) in [4.78, 5) is 24.5. The van der Waals surface area contributed by atoms with Crippen LogP contribution in [0.15, 0.2) is 72.8 Å². The first-order valence-electron chi connectivity index (χ1n) is 8.56. The molecule has 0 heterocycles. The molecule has 0 radical (unpaired) electrons. The molecule has 28 heavy (non-hydrogen) atoms. The molecule has 6 heteroatoms. The zero-order valence-corrected chi connectivity index (χ0v) is 15.0. The second kappa shape index (κ2) is 8.43. The van der Waals surface area contributed by atoms with Crippen molar-refractivity contribution in [1.82, 2.24) is 0 Å². The van der Waals surface area contributed by atoms with Crippen LogP contribution in [-0.2, 0) is 9.53 Å². The van der Waals surface area contributed by atoms with Crippen molar-refractivity contribution in [2.75, 3.05) is 5.32 Å². The number of para-hydroxylation sites is 1. The summed E-state index contributed by atoms with van der Waals surface area (Å²) in [5.74, 6) is -3.35. The number of amides is 1. The van der Waals surface area contributed by atoms with Gasteiger partial charge in [-0.05, 0) is 30.7 Å². The number of nitrogens with one attached hydrogen (secondary N) is 1. The van der Waals surface area contributed by atoms with E-state index in [4.69, 9.17) is 4.74 Å². The van der Waals surface area contributed by atoms with Crippen LogP contribution < -0.4 is 5.32 Å². The lowest BCUT2D eigenvalue weighted by molar-refractivity contribution is -0.123. The highest BCUT2D eigenvalue weighted by Crippen LogP contribution is 2.27. The Morgan fingerprint density at radius 3 is 2.18 bits per heavy atom. The lowest BCUT2D eigenvalue weighted by atomic mass is 10.0. The average molecular weight is 381 g/mol. The zero-order valence-electron chi connectivity index (χ0n) is 15.0. The van der Waals surface area contributed by atoms with E-state index >= 15 is 0 Å². The number of anilines is 1. The number of esters is 1. The van der Waals surface area contributed by atoms with Gasteiger partial charge in [0.1, 0.15) is 11.6 Å². The molecule has 1 atom stereocenters. The van der Waals surface area contributed by atoms with Crippen LogP contribution in [0.25, 0.3) is 11.1 Å². The first kappa shape index (κ1) is 19.2. The van der Waals surface area contributed by atoms with Crippen molar-refractivity contribution in [3.05, 3.63) is 90.0 Å². The standard InChI is InChI=1S/C22H17F2NO3/c1-14(28-22(27)16-11-17(23)13-18(24)12-16)21(26)25-20-10-6-5-9-19(20)15-7-3-2-4-8-15/h2-14H,1H3,(H,25,26). The third kappa shape index (κ3) is 4.59. The number of hydrogen-bond acceptors (Lipinski definition) is 3. The summed E-state index contributed by atoms with van der Waals surface area (Å²) >= 11 is 0. The predicted molar refractivity (Wildman–Crippen MR) is 102 cm³/mol. The molecule has 0 saturated heterocycles. The van der Waals surface area contributed by atoms with Crippen LogP contribution in [0.4, 0.5) is 14.5 Å². The van der Waals surface area contributed by atoms with Gasteiger partial charge in [0.2, 0.25) is 0 Å². The first-order valence-corrected chi connectivity index (χ1v) is 8.56. The zero-order chi connectivity index (χ0) is 20.1. The highest BCUT2D eigenvalue weighted by Gasteiger charge is 2.21. The minimum absolute atomic E-state index is 0.304. The van der Waals surface area contributed by atoms with Gasteiger partial charge in [-0.25, -0.2) is 13.6 Å². The van der Waals surface area contributed by atoms with E-state index in [1.54, 1.807) is 12.1 Å². The first-order chi connectivity index (χ1) is 13.4. The van der Waals surface area contributed by atoms with Gasteiger partial charge in [0.25, 0.3) is 5.91 Å². The summed E-state index contributed by atoms with van der Waals surface area (Å²) in [7, 11) is 0. The van der Waals surface area contributed by atoms with Crippen LogP contribution in [0.2, 0.25) is 0 Å². The van der Waals surface area contributed by atoms with Crippen molar-refractivity contribution < 1.29 is 23.1 Å². The molecule has 0 fully saturated rings. The molecule has 0 spiro atoms. The highest BCUT2D eigenvalue weighted by molar-refractivity contribution is 5.99. The van der Waals surface area contributed by atoms with Crippen molar-refractivity contribution in [2.24, 2.45) is 0 Å². The maximum absolute atomic E-state index is 13.3. The van der Waals surface area contributed by atoms with Crippen LogP contribution in [0.3, 0.4) is 0 Å². The Kier molecular flexibility index (Phi) is 5.79. The maximum atomic E-state index is 13.3. The molecule has 3 aromatic rings. The lowest BCUT2D eigenvalue weighted by Crippen LogP contribution is -2.30. The van der Waals surface area contributed by atoms with Crippen LogP contribution >= 0.6 is 0 Å². The van der Waals surface area contributed by atoms with E-state index in [0.29, 0.717) is 11.8 Å². The van der Waals surface area contributed by atoms with Gasteiger partial charge >= 0.3 is 5.97 Å². The second-order valence-corrected chi connectivity index (χ2v) is 6.11. The molecular weight excluding hydrogens is 364 g/mol. The minimum atomic E-state index is -1.16. The van der Waals surface area contributed by atoms with E-state index in [2.05, 4.69) is 5.32 Å². The van der Waals surface area contributed by atoms with E-state index < -0.39 is 29.6 Å². The van der Waals surface area contributed by atoms with Gasteiger partial charge in [0, 0.05) is 17.3 Å². The van der Waals surface area contributed by atoms with Crippen LogP contribution in [0.5, 0.6) is 0 Å². The molecule has 0 saturated carbocycles. The smallest absolute Gasteiger partial charge is 0.339 e. The van der Waals surface area contributed by atoms with Crippen LogP contribution in [-0.4, -0.2) is 18.0 Å². The quantitative estimate of drug-likeness (QED) is 0.645. The summed E-state index contributed by atoms with van der Waals surface area (Å²) in [6, 6.07) is 19.0. The Labute approximate surface area is 160 Å². The van der Waals surface area contributed by atoms with Gasteiger partial charge in [-0.3, -0.25) is 4.79 Å². The Balaban J connectivity index is 1.72. The number of carbonyl (C=O) groups is 2. The maximum Gasteiger partial charge on any atom is 0.339 e. The van der Waals surface area contributed by atoms with Crippen LogP contribution in [0, 0.1) is 11.6 Å². The molecule has 0 aliphatic carbocycles. The van der Waals surface area contributed by atoms with Gasteiger partial charge in [0.15, 0.2) is 6.10 Å². The highest BCUT2D eigenvalue weighted by atomic mass is 19.1. The molecule has 0 aromatic heterocycles. The molecule has 1 unspecified atom stereocenters. The molecule has 4 nitrogen and oxygen atoms in total. The molecule has 0 aliphatic rings. The van der Waals surface area contributed by atoms with E-state index in [-0.39, 0.29) is 5.56 Å². The van der Waals surface area contributed by atoms with Gasteiger partial charge in [-0.15, -0.1) is 0 Å². The Morgan fingerprint density at radius 1 is 0.893 bits per heavy atom. The summed E-state index contributed by atoms with van der Waals surface area (Å²) in [6.45, 7) is 1.38. The number of ether oxygens (including phenoxy) is 1. The Bertz CT molecular complexity index is 985. The van der Waals surface area contributed by atoms with E-state index in [1.165, 1.54) is 6.92 Å². The SMILES string of the molecule is CC(OC(=O)c1cc(F)cc(F)c1)C(=O)Nc1ccccc1-c1ccccc1. The van der Waals surface area contributed by atoms with Crippen LogP contribution in [0.1, 0.15) is 17.3 Å². The topological polar surface area (TPSA) is 55.4 Å². The molecule has 142 valence electrons. The minimum Gasteiger partial charge on any atom is -0.449 e. The third-order valence-corrected chi connectivity index (χ3v) is 4.02. The normalized spacial score (nSPS) is 11.5. The fourth-order valence-corrected chi connectivity index (χ4v) is 2.65. The van der Waals surface area contributed by atoms with Crippen molar-refractivity contribution in [1.29, 1.82) is 0 Å². The molecular formula is C22H17F2NO3. The molecule has 3 rings (SSSR count). The molecule has 3 aromatic carbocycles. The molecule has 1 N–H and O–H groups in total. The number of hydrogen-bond donors (Lipinski definition) is 1. The van der Waals surface area contributed by atoms with E-state index in [1.807, 2.05) is 42.5 Å². The van der Waals surface area contributed by atoms with E-state index in [9.17, 15) is 18.4 Å². The summed E-state index contributed by atoms with van der Waals surface area (Å²) in [5.41, 5.74) is 1.97. The van der Waals surface area contributed by atoms with Gasteiger partial charge in [-0.2, -0.15) is 0 Å². The summed E-state index contributed by atoms with van der Waals surface area (Å²) in [6.07, 6.45) is -1.16. The number of rotatable bonds is 5.